The van der Waals surface area contributed by atoms with E-state index in [-0.39, 0.29) is 12.5 Å². The molecule has 1 aliphatic rings. The Morgan fingerprint density at radius 2 is 1.96 bits per heavy atom. The number of rotatable bonds is 6. The number of amides is 1. The highest BCUT2D eigenvalue weighted by Gasteiger charge is 2.16. The van der Waals surface area contributed by atoms with Crippen LogP contribution in [0.4, 0.5) is 0 Å². The Bertz CT molecular complexity index is 637. The van der Waals surface area contributed by atoms with E-state index in [1.165, 1.54) is 28.4 Å². The van der Waals surface area contributed by atoms with E-state index in [0.29, 0.717) is 11.1 Å². The zero-order valence-corrected chi connectivity index (χ0v) is 16.1. The van der Waals surface area contributed by atoms with Crippen molar-refractivity contribution >= 4 is 40.8 Å². The van der Waals surface area contributed by atoms with Crippen LogP contribution in [0, 0.1) is 0 Å². The fourth-order valence-electron chi connectivity index (χ4n) is 2.38. The molecule has 1 amide bonds. The minimum Gasteiger partial charge on any atom is -0.484 e. The molecule has 0 N–H and O–H groups in total. The first-order valence-corrected chi connectivity index (χ1v) is 10.9. The number of ether oxygens (including phenoxy) is 1. The van der Waals surface area contributed by atoms with Gasteiger partial charge in [-0.2, -0.15) is 0 Å². The van der Waals surface area contributed by atoms with Gasteiger partial charge in [-0.3, -0.25) is 4.79 Å². The predicted molar refractivity (Wildman–Crippen MR) is 105 cm³/mol. The molecule has 0 aliphatic carbocycles. The van der Waals surface area contributed by atoms with Gasteiger partial charge in [0.15, 0.2) is 6.61 Å². The number of thiophene rings is 1. The number of carbonyl (C=O) groups is 1. The van der Waals surface area contributed by atoms with Gasteiger partial charge in [0, 0.05) is 11.9 Å². The molecule has 0 bridgehead atoms. The van der Waals surface area contributed by atoms with E-state index in [1.54, 1.807) is 16.2 Å². The van der Waals surface area contributed by atoms with Gasteiger partial charge in [0.05, 0.1) is 11.1 Å². The van der Waals surface area contributed by atoms with Crippen molar-refractivity contribution in [3.05, 3.63) is 52.2 Å². The Labute approximate surface area is 155 Å². The van der Waals surface area contributed by atoms with Gasteiger partial charge in [-0.05, 0) is 47.1 Å². The Kier molecular flexibility index (Phi) is 6.51. The maximum Gasteiger partial charge on any atom is 0.260 e. The number of carbonyl (C=O) groups excluding carboxylic acids is 1. The average Bonchev–Trinajstić information content (AvgIpc) is 3.14. The zero-order chi connectivity index (χ0) is 16.8. The summed E-state index contributed by atoms with van der Waals surface area (Å²) in [5.74, 6) is 3.22. The van der Waals surface area contributed by atoms with Crippen LogP contribution in [0.15, 0.2) is 41.8 Å². The lowest BCUT2D eigenvalue weighted by molar-refractivity contribution is -0.132. The molecule has 2 heterocycles. The van der Waals surface area contributed by atoms with Crippen LogP contribution in [0.2, 0.25) is 0 Å². The van der Waals surface area contributed by atoms with Crippen molar-refractivity contribution in [2.45, 2.75) is 17.5 Å². The molecule has 2 aromatic rings. The molecule has 1 aliphatic heterocycles. The minimum absolute atomic E-state index is 0.00846. The molecule has 24 heavy (non-hydrogen) atoms. The third-order valence-electron chi connectivity index (χ3n) is 3.74. The van der Waals surface area contributed by atoms with Crippen molar-refractivity contribution in [1.29, 1.82) is 0 Å². The highest BCUT2D eigenvalue weighted by Crippen LogP contribution is 2.43. The lowest BCUT2D eigenvalue weighted by atomic mass is 10.2. The van der Waals surface area contributed by atoms with Crippen LogP contribution in [-0.4, -0.2) is 36.0 Å². The second-order valence-electron chi connectivity index (χ2n) is 5.61. The van der Waals surface area contributed by atoms with E-state index < -0.39 is 0 Å². The van der Waals surface area contributed by atoms with Crippen molar-refractivity contribution in [3.8, 4) is 5.75 Å². The van der Waals surface area contributed by atoms with Crippen LogP contribution in [0.25, 0.3) is 0 Å². The highest BCUT2D eigenvalue weighted by atomic mass is 32.2. The van der Waals surface area contributed by atoms with Gasteiger partial charge in [0.1, 0.15) is 5.75 Å². The average molecular weight is 380 g/mol. The van der Waals surface area contributed by atoms with Crippen molar-refractivity contribution < 1.29 is 9.53 Å². The molecule has 6 heteroatoms. The third kappa shape index (κ3) is 4.94. The molecule has 0 saturated carbocycles. The van der Waals surface area contributed by atoms with Crippen LogP contribution in [0.5, 0.6) is 5.75 Å². The summed E-state index contributed by atoms with van der Waals surface area (Å²) in [4.78, 5) is 15.0. The van der Waals surface area contributed by atoms with Gasteiger partial charge in [0.2, 0.25) is 0 Å². The predicted octanol–water partition coefficient (Wildman–Crippen LogP) is 4.65. The minimum atomic E-state index is -0.00846. The van der Waals surface area contributed by atoms with E-state index >= 15 is 0 Å². The Hall–Kier alpha value is -1.11. The van der Waals surface area contributed by atoms with Crippen molar-refractivity contribution in [2.24, 2.45) is 0 Å². The summed E-state index contributed by atoms with van der Waals surface area (Å²) in [7, 11) is 1.81. The summed E-state index contributed by atoms with van der Waals surface area (Å²) < 4.78 is 6.18. The Morgan fingerprint density at radius 3 is 2.62 bits per heavy atom. The fraction of sp³-hybridized carbons (Fsp3) is 0.389. The number of thioether (sulfide) groups is 2. The number of likely N-dealkylation sites (N-methyl/N-ethyl adjacent to an activating group) is 1. The van der Waals surface area contributed by atoms with Gasteiger partial charge < -0.3 is 9.64 Å². The first-order valence-electron chi connectivity index (χ1n) is 7.95. The first-order chi connectivity index (χ1) is 11.7. The Morgan fingerprint density at radius 1 is 1.21 bits per heavy atom. The SMILES string of the molecule is CN(Cc1cccs1)C(=O)COc1ccc(C2SCCCS2)cc1. The number of benzene rings is 1. The second-order valence-corrected chi connectivity index (χ2v) is 9.37. The molecule has 0 spiro atoms. The summed E-state index contributed by atoms with van der Waals surface area (Å²) in [6.07, 6.45) is 1.30. The van der Waals surface area contributed by atoms with Crippen molar-refractivity contribution in [2.75, 3.05) is 25.2 Å². The quantitative estimate of drug-likeness (QED) is 0.730. The van der Waals surface area contributed by atoms with E-state index in [0.717, 1.165) is 5.75 Å². The summed E-state index contributed by atoms with van der Waals surface area (Å²) >= 11 is 5.68. The summed E-state index contributed by atoms with van der Waals surface area (Å²) in [5.41, 5.74) is 1.33. The molecule has 0 radical (unpaired) electrons. The second kappa shape index (κ2) is 8.83. The number of nitrogens with zero attached hydrogens (tertiary/aromatic N) is 1. The molecule has 1 aromatic carbocycles. The van der Waals surface area contributed by atoms with Gasteiger partial charge >= 0.3 is 0 Å². The van der Waals surface area contributed by atoms with Crippen molar-refractivity contribution in [3.63, 3.8) is 0 Å². The van der Waals surface area contributed by atoms with Crippen LogP contribution in [-0.2, 0) is 11.3 Å². The van der Waals surface area contributed by atoms with E-state index in [4.69, 9.17) is 4.74 Å². The highest BCUT2D eigenvalue weighted by molar-refractivity contribution is 8.16. The van der Waals surface area contributed by atoms with Crippen LogP contribution in [0.3, 0.4) is 0 Å². The third-order valence-corrected chi connectivity index (χ3v) is 7.62. The lowest BCUT2D eigenvalue weighted by Crippen LogP contribution is -2.30. The molecule has 1 fully saturated rings. The van der Waals surface area contributed by atoms with Crippen LogP contribution >= 0.6 is 34.9 Å². The number of hydrogen-bond acceptors (Lipinski definition) is 5. The monoisotopic (exact) mass is 379 g/mol. The summed E-state index contributed by atoms with van der Waals surface area (Å²) in [5, 5.41) is 2.02. The number of hydrogen-bond donors (Lipinski definition) is 0. The molecule has 0 unspecified atom stereocenters. The van der Waals surface area contributed by atoms with Gasteiger partial charge in [0.25, 0.3) is 5.91 Å². The van der Waals surface area contributed by atoms with E-state index in [9.17, 15) is 4.79 Å². The Balaban J connectivity index is 1.48. The van der Waals surface area contributed by atoms with Crippen LogP contribution < -0.4 is 4.74 Å². The van der Waals surface area contributed by atoms with Crippen LogP contribution in [0.1, 0.15) is 21.4 Å². The summed E-state index contributed by atoms with van der Waals surface area (Å²) in [6, 6.07) is 12.2. The summed E-state index contributed by atoms with van der Waals surface area (Å²) in [6.45, 7) is 0.711. The maximum atomic E-state index is 12.2. The van der Waals surface area contributed by atoms with Gasteiger partial charge in [-0.15, -0.1) is 34.9 Å². The van der Waals surface area contributed by atoms with E-state index in [1.807, 2.05) is 60.2 Å². The molecule has 128 valence electrons. The molecule has 0 atom stereocenters. The molecular formula is C18H21NO2S3. The largest absolute Gasteiger partial charge is 0.484 e. The molecule has 1 saturated heterocycles. The first kappa shape index (κ1) is 17.7. The molecule has 1 aromatic heterocycles. The molecular weight excluding hydrogens is 358 g/mol. The molecule has 3 rings (SSSR count). The maximum absolute atomic E-state index is 12.2. The van der Waals surface area contributed by atoms with Gasteiger partial charge in [-0.1, -0.05) is 18.2 Å². The standard InChI is InChI=1S/C18H21NO2S3/c1-19(12-16-4-2-9-22-16)17(20)13-21-15-7-5-14(6-8-15)18-23-10-3-11-24-18/h2,4-9,18H,3,10-13H2,1H3. The topological polar surface area (TPSA) is 29.5 Å². The lowest BCUT2D eigenvalue weighted by Gasteiger charge is -2.21. The van der Waals surface area contributed by atoms with Crippen molar-refractivity contribution in [1.82, 2.24) is 4.90 Å². The van der Waals surface area contributed by atoms with Gasteiger partial charge in [-0.25, -0.2) is 0 Å². The normalized spacial score (nSPS) is 15.2. The smallest absolute Gasteiger partial charge is 0.260 e. The molecule has 3 nitrogen and oxygen atoms in total. The van der Waals surface area contributed by atoms with E-state index in [2.05, 4.69) is 12.1 Å². The zero-order valence-electron chi connectivity index (χ0n) is 13.6. The fourth-order valence-corrected chi connectivity index (χ4v) is 6.03.